The molecule has 3 heterocycles. The van der Waals surface area contributed by atoms with Crippen LogP contribution in [0, 0.1) is 6.57 Å². The zero-order valence-electron chi connectivity index (χ0n) is 16.1. The van der Waals surface area contributed by atoms with Crippen molar-refractivity contribution >= 4 is 12.0 Å². The summed E-state index contributed by atoms with van der Waals surface area (Å²) in [5, 5.41) is 8.45. The van der Waals surface area contributed by atoms with E-state index in [9.17, 15) is 4.79 Å². The topological polar surface area (TPSA) is 74.9 Å². The molecule has 0 spiro atoms. The minimum absolute atomic E-state index is 0.358. The third-order valence-electron chi connectivity index (χ3n) is 4.73. The maximum atomic E-state index is 11.8. The molecule has 8 heteroatoms. The molecular weight excluding hydrogens is 366 g/mol. The third-order valence-corrected chi connectivity index (χ3v) is 4.73. The highest BCUT2D eigenvalue weighted by Crippen LogP contribution is 2.33. The predicted molar refractivity (Wildman–Crippen MR) is 108 cm³/mol. The lowest BCUT2D eigenvalue weighted by Crippen LogP contribution is -2.07. The smallest absolute Gasteiger partial charge is 0.187 e. The highest BCUT2D eigenvalue weighted by molar-refractivity contribution is 5.83. The molecule has 0 unspecified atom stereocenters. The summed E-state index contributed by atoms with van der Waals surface area (Å²) in [6, 6.07) is 7.32. The Hall–Kier alpha value is -3.99. The maximum Gasteiger partial charge on any atom is 0.187 e. The SMILES string of the molecule is [C-]#[N+]c1ccc(-c2c(-c3cnn(C)c3)nc(C=O)n2CCc2cnn(C)c2)cc1. The first-order valence-electron chi connectivity index (χ1n) is 9.09. The summed E-state index contributed by atoms with van der Waals surface area (Å²) in [6.07, 6.45) is 8.89. The summed E-state index contributed by atoms with van der Waals surface area (Å²) in [5.74, 6) is 0.358. The Kier molecular flexibility index (Phi) is 4.79. The van der Waals surface area contributed by atoms with E-state index in [0.717, 1.165) is 28.7 Å². The quantitative estimate of drug-likeness (QED) is 0.377. The van der Waals surface area contributed by atoms with Gasteiger partial charge in [-0.15, -0.1) is 0 Å². The van der Waals surface area contributed by atoms with Crippen LogP contribution in [-0.4, -0.2) is 35.4 Å². The highest BCUT2D eigenvalue weighted by Gasteiger charge is 2.21. The predicted octanol–water partition coefficient (Wildman–Crippen LogP) is 3.29. The number of imidazole rings is 1. The zero-order chi connectivity index (χ0) is 20.4. The van der Waals surface area contributed by atoms with Crippen LogP contribution in [0.1, 0.15) is 16.2 Å². The summed E-state index contributed by atoms with van der Waals surface area (Å²) in [5.41, 5.74) is 4.90. The second-order valence-corrected chi connectivity index (χ2v) is 6.77. The van der Waals surface area contributed by atoms with Crippen molar-refractivity contribution in [1.29, 1.82) is 0 Å². The lowest BCUT2D eigenvalue weighted by Gasteiger charge is -2.11. The number of benzene rings is 1. The Balaban J connectivity index is 1.84. The standard InChI is InChI=1S/C21H19N7O/c1-22-18-6-4-16(5-7-18)21-20(17-11-24-27(3)13-17)25-19(14-29)28(21)9-8-15-10-23-26(2)12-15/h4-7,10-14H,8-9H2,2-3H3. The van der Waals surface area contributed by atoms with Crippen molar-refractivity contribution in [2.75, 3.05) is 0 Å². The third kappa shape index (κ3) is 3.58. The summed E-state index contributed by atoms with van der Waals surface area (Å²) in [7, 11) is 3.72. The number of nitrogens with zero attached hydrogens (tertiary/aromatic N) is 7. The molecule has 0 aliphatic carbocycles. The number of aryl methyl sites for hydroxylation is 3. The average Bonchev–Trinajstić information content (AvgIpc) is 3.44. The number of aldehydes is 1. The van der Waals surface area contributed by atoms with Crippen molar-refractivity contribution in [3.63, 3.8) is 0 Å². The number of aromatic nitrogens is 6. The van der Waals surface area contributed by atoms with Crippen LogP contribution >= 0.6 is 0 Å². The molecule has 0 atom stereocenters. The lowest BCUT2D eigenvalue weighted by atomic mass is 10.1. The minimum atomic E-state index is 0.358. The Bertz CT molecular complexity index is 1200. The van der Waals surface area contributed by atoms with Crippen molar-refractivity contribution in [2.24, 2.45) is 14.1 Å². The van der Waals surface area contributed by atoms with Gasteiger partial charge in [0.15, 0.2) is 17.8 Å². The van der Waals surface area contributed by atoms with E-state index in [2.05, 4.69) is 20.0 Å². The van der Waals surface area contributed by atoms with Crippen molar-refractivity contribution in [1.82, 2.24) is 29.1 Å². The first kappa shape index (κ1) is 18.4. The van der Waals surface area contributed by atoms with E-state index in [1.165, 1.54) is 0 Å². The van der Waals surface area contributed by atoms with E-state index in [-0.39, 0.29) is 0 Å². The van der Waals surface area contributed by atoms with Gasteiger partial charge in [0, 0.05) is 38.6 Å². The Morgan fingerprint density at radius 1 is 1.03 bits per heavy atom. The van der Waals surface area contributed by atoms with E-state index in [1.807, 2.05) is 49.4 Å². The maximum absolute atomic E-state index is 11.8. The first-order valence-corrected chi connectivity index (χ1v) is 9.09. The number of carbonyl (C=O) groups excluding carboxylic acids is 1. The molecule has 0 fully saturated rings. The molecule has 3 aromatic heterocycles. The largest absolute Gasteiger partial charge is 0.321 e. The van der Waals surface area contributed by atoms with Gasteiger partial charge in [-0.25, -0.2) is 9.83 Å². The molecule has 0 aliphatic rings. The second-order valence-electron chi connectivity index (χ2n) is 6.77. The van der Waals surface area contributed by atoms with Gasteiger partial charge in [-0.2, -0.15) is 10.2 Å². The molecular formula is C21H19N7O. The fourth-order valence-electron chi connectivity index (χ4n) is 3.36. The average molecular weight is 385 g/mol. The molecule has 0 saturated heterocycles. The summed E-state index contributed by atoms with van der Waals surface area (Å²) >= 11 is 0. The zero-order valence-corrected chi connectivity index (χ0v) is 16.1. The molecule has 0 radical (unpaired) electrons. The minimum Gasteiger partial charge on any atom is -0.321 e. The van der Waals surface area contributed by atoms with Gasteiger partial charge < -0.3 is 4.57 Å². The van der Waals surface area contributed by atoms with Gasteiger partial charge in [0.1, 0.15) is 5.69 Å². The van der Waals surface area contributed by atoms with Gasteiger partial charge in [0.2, 0.25) is 0 Å². The van der Waals surface area contributed by atoms with Crippen molar-refractivity contribution in [3.8, 4) is 22.5 Å². The van der Waals surface area contributed by atoms with E-state index >= 15 is 0 Å². The molecule has 0 saturated carbocycles. The Labute approximate surface area is 167 Å². The molecule has 0 aliphatic heterocycles. The van der Waals surface area contributed by atoms with Gasteiger partial charge in [-0.05, 0) is 17.5 Å². The number of rotatable bonds is 6. The van der Waals surface area contributed by atoms with Gasteiger partial charge in [-0.3, -0.25) is 14.2 Å². The number of hydrogen-bond donors (Lipinski definition) is 0. The first-order chi connectivity index (χ1) is 14.1. The molecule has 1 aromatic carbocycles. The van der Waals surface area contributed by atoms with Crippen LogP contribution in [0.4, 0.5) is 5.69 Å². The fourth-order valence-corrected chi connectivity index (χ4v) is 3.36. The van der Waals surface area contributed by atoms with E-state index in [1.54, 1.807) is 27.7 Å². The Morgan fingerprint density at radius 2 is 1.76 bits per heavy atom. The van der Waals surface area contributed by atoms with Crippen LogP contribution in [0.3, 0.4) is 0 Å². The Morgan fingerprint density at radius 3 is 2.34 bits per heavy atom. The number of carbonyl (C=O) groups is 1. The van der Waals surface area contributed by atoms with Crippen LogP contribution < -0.4 is 0 Å². The lowest BCUT2D eigenvalue weighted by molar-refractivity contribution is 0.111. The van der Waals surface area contributed by atoms with Crippen molar-refractivity contribution in [3.05, 3.63) is 71.9 Å². The van der Waals surface area contributed by atoms with Gasteiger partial charge in [0.25, 0.3) is 0 Å². The monoisotopic (exact) mass is 385 g/mol. The van der Waals surface area contributed by atoms with E-state index < -0.39 is 0 Å². The molecule has 29 heavy (non-hydrogen) atoms. The normalized spacial score (nSPS) is 10.8. The molecule has 4 rings (SSSR count). The van der Waals surface area contributed by atoms with E-state index in [4.69, 9.17) is 6.57 Å². The molecule has 144 valence electrons. The van der Waals surface area contributed by atoms with Crippen molar-refractivity contribution < 1.29 is 4.79 Å². The van der Waals surface area contributed by atoms with Gasteiger partial charge >= 0.3 is 0 Å². The molecule has 4 aromatic rings. The summed E-state index contributed by atoms with van der Waals surface area (Å²) in [4.78, 5) is 19.9. The summed E-state index contributed by atoms with van der Waals surface area (Å²) in [6.45, 7) is 7.76. The molecule has 0 N–H and O–H groups in total. The van der Waals surface area contributed by atoms with Crippen LogP contribution in [0.25, 0.3) is 27.4 Å². The van der Waals surface area contributed by atoms with Crippen LogP contribution in [0.2, 0.25) is 0 Å². The van der Waals surface area contributed by atoms with Gasteiger partial charge in [0.05, 0.1) is 24.7 Å². The van der Waals surface area contributed by atoms with Crippen LogP contribution in [0.15, 0.2) is 49.1 Å². The number of hydrogen-bond acceptors (Lipinski definition) is 4. The fraction of sp³-hybridized carbons (Fsp3) is 0.190. The van der Waals surface area contributed by atoms with Crippen LogP contribution in [0.5, 0.6) is 0 Å². The van der Waals surface area contributed by atoms with Gasteiger partial charge in [-0.1, -0.05) is 24.3 Å². The van der Waals surface area contributed by atoms with Crippen molar-refractivity contribution in [2.45, 2.75) is 13.0 Å². The summed E-state index contributed by atoms with van der Waals surface area (Å²) < 4.78 is 5.39. The molecule has 8 nitrogen and oxygen atoms in total. The second kappa shape index (κ2) is 7.56. The van der Waals surface area contributed by atoms with Crippen LogP contribution in [-0.2, 0) is 27.1 Å². The molecule has 0 amide bonds. The van der Waals surface area contributed by atoms with E-state index in [0.29, 0.717) is 30.2 Å². The highest BCUT2D eigenvalue weighted by atomic mass is 16.1. The molecule has 0 bridgehead atoms.